The zero-order valence-corrected chi connectivity index (χ0v) is 33.4. The van der Waals surface area contributed by atoms with E-state index in [1.54, 1.807) is 0 Å². The lowest BCUT2D eigenvalue weighted by molar-refractivity contribution is 0.672. The molecular weight excluding hydrogens is 753 g/mol. The smallest absolute Gasteiger partial charge is 0.143 e. The molecule has 0 bridgehead atoms. The molecule has 0 aliphatic carbocycles. The summed E-state index contributed by atoms with van der Waals surface area (Å²) in [5, 5.41) is 18.8. The van der Waals surface area contributed by atoms with Gasteiger partial charge in [0.25, 0.3) is 0 Å². The molecule has 0 aliphatic heterocycles. The summed E-state index contributed by atoms with van der Waals surface area (Å²) in [6.45, 7) is 0. The van der Waals surface area contributed by atoms with Gasteiger partial charge in [0.15, 0.2) is 0 Å². The summed E-state index contributed by atoms with van der Waals surface area (Å²) in [6, 6.07) is 75.3. The number of para-hydroxylation sites is 2. The van der Waals surface area contributed by atoms with Crippen molar-refractivity contribution in [3.63, 3.8) is 0 Å². The number of furan rings is 2. The average molecular weight is 787 g/mol. The number of rotatable bonds is 3. The van der Waals surface area contributed by atoms with Crippen molar-refractivity contribution in [3.05, 3.63) is 206 Å². The predicted octanol–water partition coefficient (Wildman–Crippen LogP) is 17.4. The van der Waals surface area contributed by atoms with Crippen LogP contribution >= 0.6 is 0 Å². The van der Waals surface area contributed by atoms with E-state index in [0.29, 0.717) is 0 Å². The molecule has 14 aromatic rings. The van der Waals surface area contributed by atoms with Crippen LogP contribution in [0.1, 0.15) is 0 Å². The van der Waals surface area contributed by atoms with Crippen molar-refractivity contribution >= 4 is 109 Å². The first kappa shape index (κ1) is 33.6. The Morgan fingerprint density at radius 1 is 0.226 bits per heavy atom. The van der Waals surface area contributed by atoms with E-state index in [4.69, 9.17) is 8.83 Å². The topological polar surface area (TPSA) is 26.3 Å². The fourth-order valence-corrected chi connectivity index (χ4v) is 10.7. The molecule has 0 radical (unpaired) electrons. The van der Waals surface area contributed by atoms with E-state index in [1.807, 2.05) is 0 Å². The SMILES string of the molecule is c1ccc2c(-c3c4cccc(-c5cc6ccccc6c6oc7ccccc7c56)c4cc4c(-c5cc6ccccc6c6oc7ccccc7c56)cccc34)c3ccccc3cc2c1. The van der Waals surface area contributed by atoms with E-state index in [-0.39, 0.29) is 0 Å². The number of hydrogen-bond acceptors (Lipinski definition) is 2. The van der Waals surface area contributed by atoms with Crippen molar-refractivity contribution in [1.82, 2.24) is 0 Å². The first-order chi connectivity index (χ1) is 30.8. The largest absolute Gasteiger partial charge is 0.455 e. The van der Waals surface area contributed by atoms with Crippen molar-refractivity contribution in [1.29, 1.82) is 0 Å². The Morgan fingerprint density at radius 3 is 1.05 bits per heavy atom. The Balaban J connectivity index is 1.21. The second-order valence-electron chi connectivity index (χ2n) is 16.6. The van der Waals surface area contributed by atoms with Crippen LogP contribution in [0.3, 0.4) is 0 Å². The van der Waals surface area contributed by atoms with E-state index in [1.165, 1.54) is 65.3 Å². The summed E-state index contributed by atoms with van der Waals surface area (Å²) in [4.78, 5) is 0. The van der Waals surface area contributed by atoms with Crippen molar-refractivity contribution in [2.45, 2.75) is 0 Å². The van der Waals surface area contributed by atoms with Crippen LogP contribution in [0.15, 0.2) is 215 Å². The van der Waals surface area contributed by atoms with Gasteiger partial charge in [-0.2, -0.15) is 0 Å². The Labute approximate surface area is 355 Å². The van der Waals surface area contributed by atoms with Gasteiger partial charge in [-0.25, -0.2) is 0 Å². The normalized spacial score (nSPS) is 12.2. The van der Waals surface area contributed by atoms with Gasteiger partial charge in [0.05, 0.1) is 0 Å². The fourth-order valence-electron chi connectivity index (χ4n) is 10.7. The van der Waals surface area contributed by atoms with E-state index in [0.717, 1.165) is 76.5 Å². The molecule has 0 aliphatic rings. The summed E-state index contributed by atoms with van der Waals surface area (Å²) in [6.07, 6.45) is 0. The molecule has 2 aromatic heterocycles. The van der Waals surface area contributed by atoms with Crippen molar-refractivity contribution < 1.29 is 8.83 Å². The van der Waals surface area contributed by atoms with Gasteiger partial charge in [-0.05, 0) is 124 Å². The molecule has 0 spiro atoms. The molecule has 0 atom stereocenters. The lowest BCUT2D eigenvalue weighted by Crippen LogP contribution is -1.93. The van der Waals surface area contributed by atoms with E-state index in [9.17, 15) is 0 Å². The van der Waals surface area contributed by atoms with E-state index in [2.05, 4.69) is 206 Å². The van der Waals surface area contributed by atoms with E-state index < -0.39 is 0 Å². The zero-order valence-electron chi connectivity index (χ0n) is 33.4. The monoisotopic (exact) mass is 786 g/mol. The van der Waals surface area contributed by atoms with Gasteiger partial charge in [-0.1, -0.05) is 170 Å². The van der Waals surface area contributed by atoms with Gasteiger partial charge in [-0.15, -0.1) is 0 Å². The molecule has 0 saturated heterocycles. The Morgan fingerprint density at radius 2 is 0.581 bits per heavy atom. The molecule has 0 amide bonds. The second-order valence-corrected chi connectivity index (χ2v) is 16.6. The first-order valence-electron chi connectivity index (χ1n) is 21.3. The van der Waals surface area contributed by atoms with Crippen LogP contribution < -0.4 is 0 Å². The summed E-state index contributed by atoms with van der Waals surface area (Å²) < 4.78 is 13.5. The maximum Gasteiger partial charge on any atom is 0.143 e. The third-order valence-corrected chi connectivity index (χ3v) is 13.4. The molecule has 0 unspecified atom stereocenters. The molecule has 2 heterocycles. The summed E-state index contributed by atoms with van der Waals surface area (Å²) in [5.41, 5.74) is 10.8. The highest BCUT2D eigenvalue weighted by molar-refractivity contribution is 6.30. The van der Waals surface area contributed by atoms with Crippen molar-refractivity contribution in [3.8, 4) is 33.4 Å². The minimum absolute atomic E-state index is 0.892. The van der Waals surface area contributed by atoms with Crippen molar-refractivity contribution in [2.24, 2.45) is 0 Å². The summed E-state index contributed by atoms with van der Waals surface area (Å²) in [7, 11) is 0. The van der Waals surface area contributed by atoms with Crippen LogP contribution in [-0.4, -0.2) is 0 Å². The average Bonchev–Trinajstić information content (AvgIpc) is 3.92. The molecule has 12 aromatic carbocycles. The Hall–Kier alpha value is -8.20. The molecule has 14 rings (SSSR count). The zero-order chi connectivity index (χ0) is 40.5. The van der Waals surface area contributed by atoms with Gasteiger partial charge in [0.2, 0.25) is 0 Å². The van der Waals surface area contributed by atoms with Crippen molar-refractivity contribution in [2.75, 3.05) is 0 Å². The van der Waals surface area contributed by atoms with E-state index >= 15 is 0 Å². The highest BCUT2D eigenvalue weighted by atomic mass is 16.3. The molecule has 2 heteroatoms. The number of benzene rings is 12. The first-order valence-corrected chi connectivity index (χ1v) is 21.3. The summed E-state index contributed by atoms with van der Waals surface area (Å²) in [5.74, 6) is 0. The molecule has 0 saturated carbocycles. The third-order valence-electron chi connectivity index (χ3n) is 13.4. The quantitative estimate of drug-likeness (QED) is 0.167. The molecule has 62 heavy (non-hydrogen) atoms. The highest BCUT2D eigenvalue weighted by Gasteiger charge is 2.24. The van der Waals surface area contributed by atoms with Gasteiger partial charge < -0.3 is 8.83 Å². The maximum absolute atomic E-state index is 6.77. The Bertz CT molecular complexity index is 3950. The van der Waals surface area contributed by atoms with Gasteiger partial charge >= 0.3 is 0 Å². The van der Waals surface area contributed by atoms with Crippen LogP contribution in [0, 0.1) is 0 Å². The van der Waals surface area contributed by atoms with Crippen LogP contribution in [0.25, 0.3) is 142 Å². The van der Waals surface area contributed by atoms with Crippen LogP contribution in [-0.2, 0) is 0 Å². The molecule has 0 N–H and O–H groups in total. The minimum atomic E-state index is 0.892. The third kappa shape index (κ3) is 4.64. The van der Waals surface area contributed by atoms with Crippen LogP contribution in [0.5, 0.6) is 0 Å². The fraction of sp³-hybridized carbons (Fsp3) is 0. The molecular formula is C60H34O2. The molecule has 2 nitrogen and oxygen atoms in total. The maximum atomic E-state index is 6.77. The standard InChI is InChI=1S/C60H34O2/c1-5-19-39-35(15-1)31-36-16-2-6-20-40(36)55(39)56-45-27-13-25-43(51-32-37-17-3-7-21-41(37)59-57(51)47-23-9-11-29-53(47)61-59)49(45)34-50-44(26-14-28-46(50)56)52-33-38-18-4-8-22-42(38)60-58(52)48-24-10-12-30-54(48)62-60/h1-34H. The molecule has 0 fully saturated rings. The minimum Gasteiger partial charge on any atom is -0.455 e. The lowest BCUT2D eigenvalue weighted by Gasteiger charge is -2.20. The lowest BCUT2D eigenvalue weighted by atomic mass is 9.82. The van der Waals surface area contributed by atoms with Gasteiger partial charge in [0, 0.05) is 32.3 Å². The molecule has 286 valence electrons. The second kappa shape index (κ2) is 12.7. The summed E-state index contributed by atoms with van der Waals surface area (Å²) >= 11 is 0. The van der Waals surface area contributed by atoms with Gasteiger partial charge in [0.1, 0.15) is 22.3 Å². The number of hydrogen-bond donors (Lipinski definition) is 0. The van der Waals surface area contributed by atoms with Gasteiger partial charge in [-0.3, -0.25) is 0 Å². The highest BCUT2D eigenvalue weighted by Crippen LogP contribution is 2.51. The van der Waals surface area contributed by atoms with Crippen LogP contribution in [0.4, 0.5) is 0 Å². The Kier molecular flexibility index (Phi) is 6.86. The number of fused-ring (bicyclic) bond motifs is 14. The predicted molar refractivity (Wildman–Crippen MR) is 262 cm³/mol. The van der Waals surface area contributed by atoms with Crippen LogP contribution in [0.2, 0.25) is 0 Å².